The van der Waals surface area contributed by atoms with E-state index in [1.165, 1.54) is 17.0 Å². The number of carbonyl (C=O) groups is 2. The number of hydrogen-bond donors (Lipinski definition) is 1. The Hall–Kier alpha value is -3.27. The van der Waals surface area contributed by atoms with E-state index in [0.29, 0.717) is 40.1 Å². The van der Waals surface area contributed by atoms with Crippen LogP contribution in [0.5, 0.6) is 5.75 Å². The number of benzene rings is 3. The molecule has 1 N–H and O–H groups in total. The molecule has 1 saturated carbocycles. The summed E-state index contributed by atoms with van der Waals surface area (Å²) in [5.74, 6) is -0.213. The average Bonchev–Trinajstić information content (AvgIpc) is 3.02. The molecule has 0 radical (unpaired) electrons. The number of hydrogen-bond acceptors (Lipinski definition) is 5. The number of ether oxygens (including phenoxy) is 1. The van der Waals surface area contributed by atoms with Crippen LogP contribution >= 0.6 is 23.2 Å². The number of carbonyl (C=O) groups excluding carboxylic acids is 2. The smallest absolute Gasteiger partial charge is 0.264 e. The minimum atomic E-state index is -4.18. The summed E-state index contributed by atoms with van der Waals surface area (Å²) in [7, 11) is -4.18. The van der Waals surface area contributed by atoms with Crippen molar-refractivity contribution in [3.8, 4) is 5.75 Å². The largest absolute Gasteiger partial charge is 0.494 e. The Morgan fingerprint density at radius 1 is 0.933 bits per heavy atom. The van der Waals surface area contributed by atoms with Crippen LogP contribution in [0.25, 0.3) is 0 Å². The van der Waals surface area contributed by atoms with Crippen LogP contribution in [-0.2, 0) is 26.2 Å². The molecule has 0 spiro atoms. The fourth-order valence-corrected chi connectivity index (χ4v) is 7.27. The van der Waals surface area contributed by atoms with Crippen molar-refractivity contribution in [2.45, 2.75) is 82.8 Å². The first kappa shape index (κ1) is 34.6. The minimum Gasteiger partial charge on any atom is -0.494 e. The summed E-state index contributed by atoms with van der Waals surface area (Å²) in [5.41, 5.74) is 1.86. The molecule has 3 aromatic rings. The highest BCUT2D eigenvalue weighted by atomic mass is 35.5. The van der Waals surface area contributed by atoms with Crippen LogP contribution in [0.1, 0.15) is 63.5 Å². The van der Waals surface area contributed by atoms with E-state index in [-0.39, 0.29) is 23.4 Å². The maximum absolute atomic E-state index is 14.3. The Bertz CT molecular complexity index is 1560. The molecule has 1 fully saturated rings. The van der Waals surface area contributed by atoms with Crippen LogP contribution in [0, 0.1) is 6.92 Å². The number of sulfonamides is 1. The van der Waals surface area contributed by atoms with E-state index in [4.69, 9.17) is 27.9 Å². The number of halogens is 2. The molecule has 4 rings (SSSR count). The van der Waals surface area contributed by atoms with Crippen molar-refractivity contribution in [2.24, 2.45) is 0 Å². The molecular weight excluding hydrogens is 633 g/mol. The SMILES string of the molecule is CCOc1ccc(N(CC(=O)N(Cc2ccc(Cl)c(Cl)c2)[C@@H](CC)C(=O)NC2CCCCC2)S(=O)(=O)c2ccc(C)cc2)cc1. The van der Waals surface area contributed by atoms with E-state index in [1.807, 2.05) is 20.8 Å². The topological polar surface area (TPSA) is 96.0 Å². The second-order valence-corrected chi connectivity index (χ2v) is 14.0. The van der Waals surface area contributed by atoms with Gasteiger partial charge in [-0.05, 0) is 87.2 Å². The van der Waals surface area contributed by atoms with Gasteiger partial charge in [-0.3, -0.25) is 13.9 Å². The molecule has 0 bridgehead atoms. The monoisotopic (exact) mass is 673 g/mol. The molecule has 242 valence electrons. The zero-order valence-corrected chi connectivity index (χ0v) is 28.3. The third-order valence-electron chi connectivity index (χ3n) is 8.00. The second-order valence-electron chi connectivity index (χ2n) is 11.3. The van der Waals surface area contributed by atoms with Crippen molar-refractivity contribution in [3.05, 3.63) is 87.9 Å². The molecule has 0 aliphatic heterocycles. The Morgan fingerprint density at radius 3 is 2.20 bits per heavy atom. The van der Waals surface area contributed by atoms with Gasteiger partial charge in [0, 0.05) is 12.6 Å². The zero-order valence-electron chi connectivity index (χ0n) is 26.0. The molecule has 0 unspecified atom stereocenters. The summed E-state index contributed by atoms with van der Waals surface area (Å²) in [6.45, 7) is 5.53. The van der Waals surface area contributed by atoms with E-state index >= 15 is 0 Å². The first-order chi connectivity index (χ1) is 21.5. The van der Waals surface area contributed by atoms with Gasteiger partial charge in [0.05, 0.1) is 27.2 Å². The molecule has 0 saturated heterocycles. The molecule has 45 heavy (non-hydrogen) atoms. The van der Waals surface area contributed by atoms with Crippen molar-refractivity contribution in [1.82, 2.24) is 10.2 Å². The van der Waals surface area contributed by atoms with Gasteiger partial charge in [-0.15, -0.1) is 0 Å². The molecule has 8 nitrogen and oxygen atoms in total. The van der Waals surface area contributed by atoms with Crippen LogP contribution in [0.3, 0.4) is 0 Å². The van der Waals surface area contributed by atoms with Crippen molar-refractivity contribution < 1.29 is 22.7 Å². The first-order valence-corrected chi connectivity index (χ1v) is 17.6. The second kappa shape index (κ2) is 15.8. The van der Waals surface area contributed by atoms with Crippen molar-refractivity contribution in [3.63, 3.8) is 0 Å². The predicted octanol–water partition coefficient (Wildman–Crippen LogP) is 7.15. The summed E-state index contributed by atoms with van der Waals surface area (Å²) >= 11 is 12.5. The average molecular weight is 675 g/mol. The predicted molar refractivity (Wildman–Crippen MR) is 179 cm³/mol. The van der Waals surface area contributed by atoms with Crippen molar-refractivity contribution in [2.75, 3.05) is 17.5 Å². The van der Waals surface area contributed by atoms with Gasteiger partial charge >= 0.3 is 0 Å². The Kier molecular flexibility index (Phi) is 12.2. The summed E-state index contributed by atoms with van der Waals surface area (Å²) in [6.07, 6.45) is 5.34. The van der Waals surface area contributed by atoms with Crippen LogP contribution in [0.15, 0.2) is 71.6 Å². The van der Waals surface area contributed by atoms with Gasteiger partial charge < -0.3 is 15.0 Å². The number of anilines is 1. The summed E-state index contributed by atoms with van der Waals surface area (Å²) in [6, 6.07) is 17.3. The fraction of sp³-hybridized carbons (Fsp3) is 0.412. The Morgan fingerprint density at radius 2 is 1.60 bits per heavy atom. The van der Waals surface area contributed by atoms with E-state index < -0.39 is 28.5 Å². The zero-order chi connectivity index (χ0) is 32.6. The lowest BCUT2D eigenvalue weighted by Crippen LogP contribution is -2.54. The van der Waals surface area contributed by atoms with E-state index in [9.17, 15) is 18.0 Å². The van der Waals surface area contributed by atoms with Crippen molar-refractivity contribution >= 4 is 50.7 Å². The lowest BCUT2D eigenvalue weighted by Gasteiger charge is -2.34. The van der Waals surface area contributed by atoms with Gasteiger partial charge in [0.25, 0.3) is 10.0 Å². The highest BCUT2D eigenvalue weighted by Gasteiger charge is 2.34. The molecule has 1 aliphatic carbocycles. The fourth-order valence-electron chi connectivity index (χ4n) is 5.54. The quantitative estimate of drug-likeness (QED) is 0.208. The van der Waals surface area contributed by atoms with E-state index in [2.05, 4.69) is 5.32 Å². The number of rotatable bonds is 13. The molecule has 11 heteroatoms. The highest BCUT2D eigenvalue weighted by molar-refractivity contribution is 7.92. The molecular formula is C34H41Cl2N3O5S. The lowest BCUT2D eigenvalue weighted by molar-refractivity contribution is -0.140. The molecule has 1 aliphatic rings. The number of nitrogens with one attached hydrogen (secondary N) is 1. The van der Waals surface area contributed by atoms with E-state index in [1.54, 1.807) is 54.6 Å². The summed E-state index contributed by atoms with van der Waals surface area (Å²) in [4.78, 5) is 29.5. The molecule has 2 amide bonds. The number of nitrogens with zero attached hydrogens (tertiary/aromatic N) is 2. The number of aryl methyl sites for hydroxylation is 1. The lowest BCUT2D eigenvalue weighted by atomic mass is 9.95. The number of amides is 2. The normalized spacial score (nSPS) is 14.4. The maximum Gasteiger partial charge on any atom is 0.264 e. The summed E-state index contributed by atoms with van der Waals surface area (Å²) < 4.78 is 34.8. The standard InChI is InChI=1S/C34H41Cl2N3O5S/c1-4-32(34(41)37-26-9-7-6-8-10-26)38(22-25-13-20-30(35)31(36)21-25)33(40)23-39(27-14-16-28(17-15-27)44-5-2)45(42,43)29-18-11-24(3)12-19-29/h11-21,26,32H,4-10,22-23H2,1-3H3,(H,37,41)/t32-/m0/s1. The van der Waals surface area contributed by atoms with Crippen LogP contribution in [0.2, 0.25) is 10.0 Å². The van der Waals surface area contributed by atoms with Gasteiger partial charge in [0.1, 0.15) is 18.3 Å². The van der Waals surface area contributed by atoms with Crippen LogP contribution in [-0.4, -0.2) is 50.4 Å². The summed E-state index contributed by atoms with van der Waals surface area (Å²) in [5, 5.41) is 3.84. The van der Waals surface area contributed by atoms with Gasteiger partial charge in [-0.1, -0.05) is 73.2 Å². The minimum absolute atomic E-state index is 0.0357. The van der Waals surface area contributed by atoms with E-state index in [0.717, 1.165) is 42.0 Å². The van der Waals surface area contributed by atoms with Crippen molar-refractivity contribution in [1.29, 1.82) is 0 Å². The third kappa shape index (κ3) is 8.93. The third-order valence-corrected chi connectivity index (χ3v) is 10.5. The van der Waals surface area contributed by atoms with Crippen LogP contribution in [0.4, 0.5) is 5.69 Å². The Balaban J connectivity index is 1.72. The maximum atomic E-state index is 14.3. The van der Waals surface area contributed by atoms with Gasteiger partial charge in [0.2, 0.25) is 11.8 Å². The molecule has 0 aromatic heterocycles. The Labute approximate surface area is 276 Å². The van der Waals surface area contributed by atoms with Crippen LogP contribution < -0.4 is 14.4 Å². The molecule has 1 atom stereocenters. The van der Waals surface area contributed by atoms with Gasteiger partial charge in [-0.25, -0.2) is 8.42 Å². The van der Waals surface area contributed by atoms with Gasteiger partial charge in [-0.2, -0.15) is 0 Å². The first-order valence-electron chi connectivity index (χ1n) is 15.4. The highest BCUT2D eigenvalue weighted by Crippen LogP contribution is 2.28. The van der Waals surface area contributed by atoms with Gasteiger partial charge in [0.15, 0.2) is 0 Å². The molecule has 3 aromatic carbocycles. The molecule has 0 heterocycles.